The number of halogens is 7. The lowest BCUT2D eigenvalue weighted by molar-refractivity contribution is -0.143. The van der Waals surface area contributed by atoms with Gasteiger partial charge in [-0.3, -0.25) is 24.1 Å². The van der Waals surface area contributed by atoms with Crippen LogP contribution in [-0.4, -0.2) is 49.4 Å². The number of hydrogen-bond donors (Lipinski definition) is 1. The van der Waals surface area contributed by atoms with Crippen LogP contribution in [0.2, 0.25) is 0 Å². The van der Waals surface area contributed by atoms with E-state index in [0.717, 1.165) is 19.3 Å². The second kappa shape index (κ2) is 11.0. The average Bonchev–Trinajstić information content (AvgIpc) is 3.40. The lowest BCUT2D eigenvalue weighted by Crippen LogP contribution is -2.60. The van der Waals surface area contributed by atoms with E-state index < -0.39 is 92.3 Å². The molecule has 48 heavy (non-hydrogen) atoms. The molecule has 7 rings (SSSR count). The van der Waals surface area contributed by atoms with Crippen LogP contribution in [-0.2, 0) is 19.2 Å². The number of amides is 4. The van der Waals surface area contributed by atoms with Crippen molar-refractivity contribution in [3.63, 3.8) is 0 Å². The Balaban J connectivity index is 1.43. The molecule has 7 nitrogen and oxygen atoms in total. The number of likely N-dealkylation sites (tertiary alicyclic amines) is 1. The quantitative estimate of drug-likeness (QED) is 0.0968. The number of anilines is 1. The van der Waals surface area contributed by atoms with Crippen LogP contribution in [0.5, 0.6) is 5.75 Å². The zero-order valence-corrected chi connectivity index (χ0v) is 27.2. The standard InChI is InChI=1S/C34H29Cl2F5N2O5/c1-13-10-15(11-14(2)28(13)44)21-17-8-9-18-20(30(46)42(29(18)45)16-6-4-3-5-7-16)19(17)12-33(35)31(47)43(32(48)34(21,33)36)27-25(40)23(38)22(37)24(39)26(27)41/h8,10-11,16,18-21,44H,3-7,9,12H2,1-2H3. The van der Waals surface area contributed by atoms with Crippen molar-refractivity contribution in [1.29, 1.82) is 0 Å². The molecule has 6 atom stereocenters. The highest BCUT2D eigenvalue weighted by Crippen LogP contribution is 2.66. The SMILES string of the molecule is Cc1cc(C2C3=CCC4C(=O)N(C5CCCCC5)C(=O)C4C3CC3(Cl)C(=O)N(c4c(F)c(F)c(F)c(F)c4F)C(=O)C23Cl)cc(C)c1O. The maximum atomic E-state index is 15.2. The van der Waals surface area contributed by atoms with Crippen molar-refractivity contribution >= 4 is 52.5 Å². The number of fused-ring (bicyclic) bond motifs is 4. The molecule has 0 aromatic heterocycles. The number of carbonyl (C=O) groups is 4. The van der Waals surface area contributed by atoms with Crippen LogP contribution in [0.15, 0.2) is 23.8 Å². The lowest BCUT2D eigenvalue weighted by Gasteiger charge is -2.51. The van der Waals surface area contributed by atoms with E-state index in [1.165, 1.54) is 17.0 Å². The molecule has 2 heterocycles. The molecule has 0 spiro atoms. The van der Waals surface area contributed by atoms with Crippen LogP contribution in [0.4, 0.5) is 27.6 Å². The number of rotatable bonds is 3. The normalized spacial score (nSPS) is 32.1. The summed E-state index contributed by atoms with van der Waals surface area (Å²) in [5.74, 6) is -20.3. The first-order valence-corrected chi connectivity index (χ1v) is 16.5. The Hall–Kier alpha value is -3.51. The van der Waals surface area contributed by atoms with Crippen LogP contribution >= 0.6 is 23.2 Å². The number of carbonyl (C=O) groups excluding carboxylic acids is 4. The maximum Gasteiger partial charge on any atom is 0.258 e. The van der Waals surface area contributed by atoms with E-state index in [1.807, 2.05) is 0 Å². The van der Waals surface area contributed by atoms with E-state index in [0.29, 0.717) is 29.5 Å². The molecule has 2 saturated carbocycles. The summed E-state index contributed by atoms with van der Waals surface area (Å²) in [6.45, 7) is 3.13. The number of hydrogen-bond acceptors (Lipinski definition) is 5. The van der Waals surface area contributed by atoms with Gasteiger partial charge in [-0.05, 0) is 62.1 Å². The molecule has 1 N–H and O–H groups in total. The number of aromatic hydroxyl groups is 1. The smallest absolute Gasteiger partial charge is 0.258 e. The Morgan fingerprint density at radius 1 is 0.792 bits per heavy atom. The Morgan fingerprint density at radius 2 is 1.35 bits per heavy atom. The van der Waals surface area contributed by atoms with Crippen molar-refractivity contribution in [3.05, 3.63) is 69.6 Å². The third-order valence-electron chi connectivity index (χ3n) is 11.0. The third-order valence-corrected chi connectivity index (χ3v) is 12.5. The molecule has 2 saturated heterocycles. The zero-order valence-electron chi connectivity index (χ0n) is 25.7. The number of alkyl halides is 2. The van der Waals surface area contributed by atoms with E-state index >= 15 is 8.78 Å². The van der Waals surface area contributed by atoms with Crippen molar-refractivity contribution in [1.82, 2.24) is 4.90 Å². The van der Waals surface area contributed by atoms with Gasteiger partial charge >= 0.3 is 0 Å². The fourth-order valence-corrected chi connectivity index (χ4v) is 9.76. The summed E-state index contributed by atoms with van der Waals surface area (Å²) in [4.78, 5) is 52.6. The van der Waals surface area contributed by atoms with Gasteiger partial charge in [-0.2, -0.15) is 0 Å². The van der Waals surface area contributed by atoms with E-state index in [9.17, 15) is 37.5 Å². The van der Waals surface area contributed by atoms with Crippen molar-refractivity contribution in [2.45, 2.75) is 80.5 Å². The second-order valence-corrected chi connectivity index (χ2v) is 14.8. The monoisotopic (exact) mass is 710 g/mol. The molecule has 2 aliphatic heterocycles. The Kier molecular flexibility index (Phi) is 7.56. The van der Waals surface area contributed by atoms with E-state index in [2.05, 4.69) is 0 Å². The number of aryl methyl sites for hydroxylation is 2. The van der Waals surface area contributed by atoms with Gasteiger partial charge in [-0.25, -0.2) is 26.9 Å². The summed E-state index contributed by atoms with van der Waals surface area (Å²) < 4.78 is 73.3. The van der Waals surface area contributed by atoms with Gasteiger partial charge in [-0.15, -0.1) is 23.2 Å². The Bertz CT molecular complexity index is 1830. The first-order chi connectivity index (χ1) is 22.6. The number of phenolic OH excluding ortho intramolecular Hbond substituents is 1. The first-order valence-electron chi connectivity index (χ1n) is 15.7. The molecule has 2 aromatic rings. The number of benzene rings is 2. The molecule has 0 bridgehead atoms. The average molecular weight is 712 g/mol. The van der Waals surface area contributed by atoms with Crippen LogP contribution in [0, 0.1) is 60.7 Å². The highest BCUT2D eigenvalue weighted by molar-refractivity contribution is 6.58. The summed E-state index contributed by atoms with van der Waals surface area (Å²) in [6.07, 6.45) is 5.15. The fraction of sp³-hybridized carbons (Fsp3) is 0.471. The predicted molar refractivity (Wildman–Crippen MR) is 163 cm³/mol. The largest absolute Gasteiger partial charge is 0.507 e. The summed E-state index contributed by atoms with van der Waals surface area (Å²) in [5, 5.41) is 10.5. The maximum absolute atomic E-state index is 15.2. The van der Waals surface area contributed by atoms with Crippen LogP contribution in [0.1, 0.15) is 67.6 Å². The van der Waals surface area contributed by atoms with Crippen molar-refractivity contribution in [2.24, 2.45) is 17.8 Å². The van der Waals surface area contributed by atoms with Gasteiger partial charge in [0, 0.05) is 12.0 Å². The van der Waals surface area contributed by atoms with Crippen LogP contribution in [0.25, 0.3) is 0 Å². The van der Waals surface area contributed by atoms with Crippen LogP contribution in [0.3, 0.4) is 0 Å². The van der Waals surface area contributed by atoms with E-state index in [1.54, 1.807) is 19.9 Å². The van der Waals surface area contributed by atoms with E-state index in [-0.39, 0.29) is 34.6 Å². The minimum absolute atomic E-state index is 0.0823. The van der Waals surface area contributed by atoms with Gasteiger partial charge in [0.15, 0.2) is 33.0 Å². The summed E-state index contributed by atoms with van der Waals surface area (Å²) >= 11 is 14.3. The molecule has 0 radical (unpaired) electrons. The lowest BCUT2D eigenvalue weighted by atomic mass is 9.56. The molecule has 5 aliphatic rings. The van der Waals surface area contributed by atoms with Gasteiger partial charge in [0.1, 0.15) is 11.4 Å². The minimum Gasteiger partial charge on any atom is -0.507 e. The summed E-state index contributed by atoms with van der Waals surface area (Å²) in [7, 11) is 0. The molecule has 14 heteroatoms. The highest BCUT2D eigenvalue weighted by atomic mass is 35.5. The van der Waals surface area contributed by atoms with Crippen molar-refractivity contribution < 1.29 is 46.2 Å². The number of nitrogens with zero attached hydrogens (tertiary/aromatic N) is 2. The van der Waals surface area contributed by atoms with Gasteiger partial charge in [0.2, 0.25) is 17.6 Å². The highest BCUT2D eigenvalue weighted by Gasteiger charge is 2.77. The molecular formula is C34H29Cl2F5N2O5. The van der Waals surface area contributed by atoms with Gasteiger partial charge < -0.3 is 5.11 Å². The molecule has 2 aromatic carbocycles. The molecular weight excluding hydrogens is 682 g/mol. The Labute approximate surface area is 281 Å². The van der Waals surface area contributed by atoms with Crippen LogP contribution < -0.4 is 4.90 Å². The Morgan fingerprint density at radius 3 is 1.94 bits per heavy atom. The number of imide groups is 2. The topological polar surface area (TPSA) is 95.0 Å². The van der Waals surface area contributed by atoms with Gasteiger partial charge in [0.25, 0.3) is 11.8 Å². The second-order valence-electron chi connectivity index (χ2n) is 13.5. The minimum atomic E-state index is -2.61. The molecule has 3 aliphatic carbocycles. The molecule has 6 unspecified atom stereocenters. The summed E-state index contributed by atoms with van der Waals surface area (Å²) in [5.41, 5.74) is -0.521. The van der Waals surface area contributed by atoms with Gasteiger partial charge in [-0.1, -0.05) is 43.0 Å². The fourth-order valence-electron chi connectivity index (χ4n) is 8.82. The van der Waals surface area contributed by atoms with E-state index in [4.69, 9.17) is 23.2 Å². The zero-order chi connectivity index (χ0) is 34.8. The first kappa shape index (κ1) is 33.0. The summed E-state index contributed by atoms with van der Waals surface area (Å²) in [6, 6.07) is 2.67. The third kappa shape index (κ3) is 4.10. The molecule has 4 fully saturated rings. The van der Waals surface area contributed by atoms with Gasteiger partial charge in [0.05, 0.1) is 11.8 Å². The predicted octanol–water partition coefficient (Wildman–Crippen LogP) is 6.60. The van der Waals surface area contributed by atoms with Crippen molar-refractivity contribution in [2.75, 3.05) is 4.90 Å². The molecule has 4 amide bonds. The molecule has 254 valence electrons. The van der Waals surface area contributed by atoms with Crippen molar-refractivity contribution in [3.8, 4) is 5.75 Å². The number of phenols is 1. The number of allylic oxidation sites excluding steroid dienone is 2.